The van der Waals surface area contributed by atoms with E-state index in [1.54, 1.807) is 28.0 Å². The molecule has 0 saturated heterocycles. The van der Waals surface area contributed by atoms with Crippen molar-refractivity contribution < 1.29 is 0 Å². The largest absolute Gasteiger partial charge is 0.289 e. The van der Waals surface area contributed by atoms with Crippen molar-refractivity contribution in [1.82, 2.24) is 14.3 Å². The summed E-state index contributed by atoms with van der Waals surface area (Å²) in [5.74, 6) is 0. The van der Waals surface area contributed by atoms with Gasteiger partial charge in [-0.25, -0.2) is 4.98 Å². The lowest BCUT2D eigenvalue weighted by atomic mass is 10.3. The summed E-state index contributed by atoms with van der Waals surface area (Å²) < 4.78 is 2.34. The lowest BCUT2D eigenvalue weighted by molar-refractivity contribution is 0.285. The van der Waals surface area contributed by atoms with Crippen LogP contribution in [0.4, 0.5) is 0 Å². The highest BCUT2D eigenvalue weighted by Gasteiger charge is 2.10. The molecule has 0 bridgehead atoms. The smallest absolute Gasteiger partial charge is 0.258 e. The van der Waals surface area contributed by atoms with Crippen LogP contribution >= 0.6 is 22.9 Å². The van der Waals surface area contributed by atoms with E-state index in [4.69, 9.17) is 11.6 Å². The molecule has 0 aliphatic rings. The third-order valence-corrected chi connectivity index (χ3v) is 4.87. The van der Waals surface area contributed by atoms with Gasteiger partial charge in [0.05, 0.1) is 10.0 Å². The highest BCUT2D eigenvalue weighted by molar-refractivity contribution is 7.16. The first-order valence-corrected chi connectivity index (χ1v) is 8.81. The number of aromatic nitrogens is 2. The summed E-state index contributed by atoms with van der Waals surface area (Å²) in [5.41, 5.74) is 2.45. The second kappa shape index (κ2) is 7.30. The zero-order valence-corrected chi connectivity index (χ0v) is 15.0. The molecule has 3 heterocycles. The summed E-state index contributed by atoms with van der Waals surface area (Å²) in [4.78, 5) is 20.3. The van der Waals surface area contributed by atoms with Crippen LogP contribution in [0.5, 0.6) is 0 Å². The number of aryl methyl sites for hydroxylation is 1. The minimum absolute atomic E-state index is 0.0623. The van der Waals surface area contributed by atoms with E-state index in [-0.39, 0.29) is 5.56 Å². The molecule has 3 rings (SSSR count). The Morgan fingerprint density at radius 3 is 2.88 bits per heavy atom. The zero-order chi connectivity index (χ0) is 17.1. The van der Waals surface area contributed by atoms with Crippen molar-refractivity contribution in [3.63, 3.8) is 0 Å². The van der Waals surface area contributed by atoms with E-state index < -0.39 is 0 Å². The molecule has 0 N–H and O–H groups in total. The highest BCUT2D eigenvalue weighted by Crippen LogP contribution is 2.23. The normalized spacial score (nSPS) is 11.3. The van der Waals surface area contributed by atoms with E-state index in [9.17, 15) is 4.79 Å². The Balaban J connectivity index is 1.87. The average Bonchev–Trinajstić information content (AvgIpc) is 2.92. The molecule has 0 aromatic carbocycles. The van der Waals surface area contributed by atoms with Crippen LogP contribution in [-0.4, -0.2) is 20.8 Å². The van der Waals surface area contributed by atoms with E-state index in [1.807, 2.05) is 37.3 Å². The molecule has 0 radical (unpaired) electrons. The third kappa shape index (κ3) is 3.93. The number of halogens is 1. The van der Waals surface area contributed by atoms with E-state index in [0.29, 0.717) is 18.7 Å². The Morgan fingerprint density at radius 2 is 2.17 bits per heavy atom. The molecule has 0 saturated carbocycles. The molecule has 0 aliphatic heterocycles. The molecule has 0 aliphatic carbocycles. The molecule has 24 heavy (non-hydrogen) atoms. The molecule has 0 atom stereocenters. The Morgan fingerprint density at radius 1 is 1.33 bits per heavy atom. The van der Waals surface area contributed by atoms with E-state index in [0.717, 1.165) is 22.1 Å². The summed E-state index contributed by atoms with van der Waals surface area (Å²) >= 11 is 7.57. The van der Waals surface area contributed by atoms with Crippen molar-refractivity contribution in [2.75, 3.05) is 6.54 Å². The molecule has 4 nitrogen and oxygen atoms in total. The van der Waals surface area contributed by atoms with E-state index in [1.165, 1.54) is 4.88 Å². The average molecular weight is 360 g/mol. The Hall–Kier alpha value is -1.95. The second-order valence-corrected chi connectivity index (χ2v) is 7.48. The van der Waals surface area contributed by atoms with Crippen molar-refractivity contribution >= 4 is 28.6 Å². The maximum atomic E-state index is 12.3. The number of thiophene rings is 1. The van der Waals surface area contributed by atoms with Crippen molar-refractivity contribution in [3.05, 3.63) is 80.0 Å². The van der Waals surface area contributed by atoms with Crippen LogP contribution in [0.25, 0.3) is 5.65 Å². The molecular weight excluding hydrogens is 342 g/mol. The van der Waals surface area contributed by atoms with Crippen LogP contribution in [-0.2, 0) is 13.1 Å². The van der Waals surface area contributed by atoms with Gasteiger partial charge in [-0.05, 0) is 36.8 Å². The lowest BCUT2D eigenvalue weighted by Gasteiger charge is -2.19. The minimum Gasteiger partial charge on any atom is -0.289 e. The van der Waals surface area contributed by atoms with Gasteiger partial charge in [-0.3, -0.25) is 14.1 Å². The summed E-state index contributed by atoms with van der Waals surface area (Å²) in [6.07, 6.45) is 3.62. The second-order valence-electron chi connectivity index (χ2n) is 5.68. The molecule has 0 amide bonds. The van der Waals surface area contributed by atoms with Crippen molar-refractivity contribution in [3.8, 4) is 0 Å². The first-order valence-electron chi connectivity index (χ1n) is 7.61. The van der Waals surface area contributed by atoms with Gasteiger partial charge in [-0.15, -0.1) is 17.9 Å². The van der Waals surface area contributed by atoms with Crippen LogP contribution in [0, 0.1) is 6.92 Å². The quantitative estimate of drug-likeness (QED) is 0.626. The fourth-order valence-electron chi connectivity index (χ4n) is 2.59. The van der Waals surface area contributed by atoms with Crippen LogP contribution < -0.4 is 5.56 Å². The standard InChI is InChI=1S/C18H18ClN3OS/c1-3-7-21(12-15-4-5-16(19)24-15)11-14-10-18(23)22-8-6-13(2)9-17(22)20-14/h3-6,8-10H,1,7,11-12H2,2H3. The zero-order valence-electron chi connectivity index (χ0n) is 13.4. The molecule has 3 aromatic heterocycles. The number of nitrogens with zero attached hydrogens (tertiary/aromatic N) is 3. The van der Waals surface area contributed by atoms with E-state index in [2.05, 4.69) is 16.5 Å². The third-order valence-electron chi connectivity index (χ3n) is 3.66. The number of hydrogen-bond acceptors (Lipinski definition) is 4. The fourth-order valence-corrected chi connectivity index (χ4v) is 3.72. The topological polar surface area (TPSA) is 37.6 Å². The SMILES string of the molecule is C=CCN(Cc1cc(=O)n2ccc(C)cc2n1)Cc1ccc(Cl)s1. The molecule has 0 spiro atoms. The molecule has 6 heteroatoms. The number of pyridine rings is 1. The molecule has 124 valence electrons. The van der Waals surface area contributed by atoms with Gasteiger partial charge >= 0.3 is 0 Å². The van der Waals surface area contributed by atoms with Crippen molar-refractivity contribution in [1.29, 1.82) is 0 Å². The lowest BCUT2D eigenvalue weighted by Crippen LogP contribution is -2.25. The van der Waals surface area contributed by atoms with Gasteiger partial charge in [-0.1, -0.05) is 17.7 Å². The predicted octanol–water partition coefficient (Wildman–Crippen LogP) is 3.91. The summed E-state index contributed by atoms with van der Waals surface area (Å²) in [7, 11) is 0. The van der Waals surface area contributed by atoms with E-state index >= 15 is 0 Å². The maximum absolute atomic E-state index is 12.3. The Bertz CT molecular complexity index is 931. The Kier molecular flexibility index (Phi) is 5.14. The fraction of sp³-hybridized carbons (Fsp3) is 0.222. The van der Waals surface area contributed by atoms with Crippen LogP contribution in [0.15, 0.2) is 54.0 Å². The number of fused-ring (bicyclic) bond motifs is 1. The van der Waals surface area contributed by atoms with Gasteiger partial charge in [0.1, 0.15) is 5.65 Å². The van der Waals surface area contributed by atoms with Crippen LogP contribution in [0.1, 0.15) is 16.1 Å². The molecule has 3 aromatic rings. The highest BCUT2D eigenvalue weighted by atomic mass is 35.5. The first kappa shape index (κ1) is 16.9. The molecular formula is C18H18ClN3OS. The monoisotopic (exact) mass is 359 g/mol. The van der Waals surface area contributed by atoms with Gasteiger partial charge in [-0.2, -0.15) is 0 Å². The predicted molar refractivity (Wildman–Crippen MR) is 99.8 cm³/mol. The van der Waals surface area contributed by atoms with Crippen molar-refractivity contribution in [2.24, 2.45) is 0 Å². The first-order chi connectivity index (χ1) is 11.5. The van der Waals surface area contributed by atoms with Crippen molar-refractivity contribution in [2.45, 2.75) is 20.0 Å². The minimum atomic E-state index is -0.0623. The van der Waals surface area contributed by atoms with Crippen LogP contribution in [0.3, 0.4) is 0 Å². The maximum Gasteiger partial charge on any atom is 0.258 e. The Labute approximate surface area is 149 Å². The molecule has 0 unspecified atom stereocenters. The van der Waals surface area contributed by atoms with Gasteiger partial charge in [0, 0.05) is 36.8 Å². The van der Waals surface area contributed by atoms with Gasteiger partial charge in [0.25, 0.3) is 5.56 Å². The summed E-state index contributed by atoms with van der Waals surface area (Å²) in [6, 6.07) is 9.34. The van der Waals surface area contributed by atoms with Gasteiger partial charge in [0.2, 0.25) is 0 Å². The molecule has 0 fully saturated rings. The van der Waals surface area contributed by atoms with Gasteiger partial charge < -0.3 is 0 Å². The number of rotatable bonds is 6. The summed E-state index contributed by atoms with van der Waals surface area (Å²) in [6.45, 7) is 7.85. The summed E-state index contributed by atoms with van der Waals surface area (Å²) in [5, 5.41) is 0. The van der Waals surface area contributed by atoms with Gasteiger partial charge in [0.15, 0.2) is 0 Å². The number of hydrogen-bond donors (Lipinski definition) is 0. The van der Waals surface area contributed by atoms with Crippen LogP contribution in [0.2, 0.25) is 4.34 Å².